The van der Waals surface area contributed by atoms with Gasteiger partial charge in [0.2, 0.25) is 0 Å². The van der Waals surface area contributed by atoms with Crippen LogP contribution < -0.4 is 4.74 Å². The van der Waals surface area contributed by atoms with Crippen molar-refractivity contribution in [3.63, 3.8) is 0 Å². The first-order valence-electron chi connectivity index (χ1n) is 13.4. The maximum atomic E-state index is 9.55. The van der Waals surface area contributed by atoms with E-state index in [4.69, 9.17) is 24.7 Å². The number of carbonyl (C=O) groups is 2. The van der Waals surface area contributed by atoms with Crippen LogP contribution in [-0.2, 0) is 26.7 Å². The van der Waals surface area contributed by atoms with Gasteiger partial charge in [-0.1, -0.05) is 42.1 Å². The molecule has 0 amide bonds. The Morgan fingerprint density at radius 3 is 2.38 bits per heavy atom. The number of unbranched alkanes of at least 4 members (excludes halogenated alkanes) is 1. The van der Waals surface area contributed by atoms with E-state index in [1.165, 1.54) is 55.2 Å². The second-order valence-electron chi connectivity index (χ2n) is 9.61. The molecule has 0 aromatic heterocycles. The summed E-state index contributed by atoms with van der Waals surface area (Å²) in [7, 11) is 3.91. The van der Waals surface area contributed by atoms with Crippen molar-refractivity contribution in [3.8, 4) is 5.75 Å². The topological polar surface area (TPSA) is 112 Å². The number of carboxylic acids is 2. The highest BCUT2D eigenvalue weighted by Gasteiger charge is 2.26. The molecule has 10 heteroatoms. The summed E-state index contributed by atoms with van der Waals surface area (Å²) >= 11 is 1.87. The summed E-state index contributed by atoms with van der Waals surface area (Å²) in [5.74, 6) is -0.599. The average Bonchev–Trinajstić information content (AvgIpc) is 2.98. The summed E-state index contributed by atoms with van der Waals surface area (Å²) in [4.78, 5) is 29.1. The number of fused-ring (bicyclic) bond motifs is 1. The van der Waals surface area contributed by atoms with Gasteiger partial charge in [0.05, 0.1) is 19.4 Å². The zero-order valence-corrected chi connectivity index (χ0v) is 24.0. The Hall–Kier alpha value is -3.34. The third-order valence-electron chi connectivity index (χ3n) is 6.78. The molecule has 0 saturated carbocycles. The molecule has 2 aromatic carbocycles. The zero-order chi connectivity index (χ0) is 28.7. The highest BCUT2D eigenvalue weighted by Crippen LogP contribution is 2.32. The zero-order valence-electron chi connectivity index (χ0n) is 23.2. The van der Waals surface area contributed by atoms with Gasteiger partial charge in [-0.3, -0.25) is 0 Å². The summed E-state index contributed by atoms with van der Waals surface area (Å²) in [6, 6.07) is 17.2. The molecule has 4 rings (SSSR count). The van der Waals surface area contributed by atoms with Crippen molar-refractivity contribution in [1.29, 1.82) is 0 Å². The molecule has 0 atom stereocenters. The Morgan fingerprint density at radius 2 is 1.73 bits per heavy atom. The van der Waals surface area contributed by atoms with Crippen LogP contribution in [0, 0.1) is 0 Å². The van der Waals surface area contributed by atoms with E-state index in [0.717, 1.165) is 30.2 Å². The van der Waals surface area contributed by atoms with E-state index < -0.39 is 11.9 Å². The number of hydrogen-bond acceptors (Lipinski definition) is 8. The van der Waals surface area contributed by atoms with Gasteiger partial charge in [0, 0.05) is 50.7 Å². The van der Waals surface area contributed by atoms with Gasteiger partial charge >= 0.3 is 11.9 Å². The highest BCUT2D eigenvalue weighted by molar-refractivity contribution is 8.13. The number of methoxy groups -OCH3 is 1. The number of aliphatic carboxylic acids is 2. The molecule has 1 saturated heterocycles. The number of likely N-dealkylation sites (tertiary alicyclic amines) is 1. The second kappa shape index (κ2) is 16.7. The Morgan fingerprint density at radius 1 is 1.05 bits per heavy atom. The minimum Gasteiger partial charge on any atom is -0.497 e. The van der Waals surface area contributed by atoms with Crippen LogP contribution in [0.25, 0.3) is 0 Å². The van der Waals surface area contributed by atoms with Crippen molar-refractivity contribution in [3.05, 3.63) is 71.8 Å². The summed E-state index contributed by atoms with van der Waals surface area (Å²) in [5.41, 5.74) is 3.68. The highest BCUT2D eigenvalue weighted by atomic mass is 32.2. The Balaban J connectivity index is 0.000000482. The number of nitrogens with zero attached hydrogens (tertiary/aromatic N) is 3. The first kappa shape index (κ1) is 31.2. The molecule has 0 unspecified atom stereocenters. The van der Waals surface area contributed by atoms with E-state index in [0.29, 0.717) is 24.8 Å². The van der Waals surface area contributed by atoms with E-state index in [2.05, 4.69) is 53.2 Å². The normalized spacial score (nSPS) is 15.5. The third kappa shape index (κ3) is 10.7. The van der Waals surface area contributed by atoms with Crippen LogP contribution in [0.4, 0.5) is 5.69 Å². The molecule has 216 valence electrons. The standard InChI is InChI=1S/C26H35N3O2S.C4H4O4/c1-28(26-27-25-8-4-3-7-22(25)20-32-26)23-13-16-29(17-14-23)15-5-6-18-31-19-21-9-11-24(30-2)12-10-21;5-3(6)1-2-4(7)8/h3-4,7-12,23H,5-6,13-20H2,1-2H3;1-2H,(H,5,6)(H,7,8)/b;2-1+. The van der Waals surface area contributed by atoms with Crippen LogP contribution in [0.5, 0.6) is 5.75 Å². The molecule has 0 spiro atoms. The lowest BCUT2D eigenvalue weighted by atomic mass is 10.0. The van der Waals surface area contributed by atoms with Gasteiger partial charge in [-0.15, -0.1) is 0 Å². The molecule has 1 fully saturated rings. The van der Waals surface area contributed by atoms with Gasteiger partial charge in [0.15, 0.2) is 5.17 Å². The number of ether oxygens (including phenoxy) is 2. The van der Waals surface area contributed by atoms with Crippen molar-refractivity contribution in [2.24, 2.45) is 4.99 Å². The number of rotatable bonds is 11. The molecule has 2 heterocycles. The fraction of sp³-hybridized carbons (Fsp3) is 0.433. The molecule has 2 N–H and O–H groups in total. The quantitative estimate of drug-likeness (QED) is 0.284. The van der Waals surface area contributed by atoms with Crippen molar-refractivity contribution in [2.45, 2.75) is 44.1 Å². The smallest absolute Gasteiger partial charge is 0.328 e. The number of amidine groups is 1. The Labute approximate surface area is 240 Å². The fourth-order valence-corrected chi connectivity index (χ4v) is 5.52. The Kier molecular flexibility index (Phi) is 13.0. The molecule has 0 radical (unpaired) electrons. The van der Waals surface area contributed by atoms with Crippen LogP contribution in [0.3, 0.4) is 0 Å². The first-order valence-corrected chi connectivity index (χ1v) is 14.4. The van der Waals surface area contributed by atoms with Crippen LogP contribution in [0.15, 0.2) is 65.7 Å². The van der Waals surface area contributed by atoms with E-state index in [1.54, 1.807) is 7.11 Å². The lowest BCUT2D eigenvalue weighted by Crippen LogP contribution is -2.45. The molecular weight excluding hydrogens is 530 g/mol. The molecule has 2 aromatic rings. The summed E-state index contributed by atoms with van der Waals surface area (Å²) < 4.78 is 11.0. The molecule has 40 heavy (non-hydrogen) atoms. The van der Waals surface area contributed by atoms with Crippen molar-refractivity contribution in [1.82, 2.24) is 9.80 Å². The maximum absolute atomic E-state index is 9.55. The molecule has 0 aliphatic carbocycles. The lowest BCUT2D eigenvalue weighted by Gasteiger charge is -2.38. The van der Waals surface area contributed by atoms with Crippen LogP contribution in [0.1, 0.15) is 36.8 Å². The van der Waals surface area contributed by atoms with Crippen LogP contribution >= 0.6 is 11.8 Å². The van der Waals surface area contributed by atoms with Gasteiger partial charge < -0.3 is 29.5 Å². The van der Waals surface area contributed by atoms with Gasteiger partial charge in [0.25, 0.3) is 0 Å². The molecule has 0 bridgehead atoms. The third-order valence-corrected chi connectivity index (χ3v) is 7.87. The van der Waals surface area contributed by atoms with Gasteiger partial charge in [-0.2, -0.15) is 0 Å². The van der Waals surface area contributed by atoms with Crippen molar-refractivity contribution < 1.29 is 29.3 Å². The average molecular weight is 570 g/mol. The predicted octanol–water partition coefficient (Wildman–Crippen LogP) is 5.03. The van der Waals surface area contributed by atoms with Crippen molar-refractivity contribution >= 4 is 34.6 Å². The Bertz CT molecular complexity index is 1130. The van der Waals surface area contributed by atoms with Crippen molar-refractivity contribution in [2.75, 3.05) is 40.4 Å². The molecule has 2 aliphatic rings. The number of para-hydroxylation sites is 1. The monoisotopic (exact) mass is 569 g/mol. The number of benzene rings is 2. The summed E-state index contributed by atoms with van der Waals surface area (Å²) in [6.07, 6.45) is 5.85. The van der Waals surface area contributed by atoms with E-state index in [-0.39, 0.29) is 0 Å². The van der Waals surface area contributed by atoms with Crippen LogP contribution in [-0.4, -0.2) is 83.6 Å². The summed E-state index contributed by atoms with van der Waals surface area (Å²) in [5, 5.41) is 16.8. The lowest BCUT2D eigenvalue weighted by molar-refractivity contribution is -0.134. The number of piperidine rings is 1. The van der Waals surface area contributed by atoms with E-state index in [9.17, 15) is 9.59 Å². The predicted molar refractivity (Wildman–Crippen MR) is 158 cm³/mol. The minimum atomic E-state index is -1.26. The number of hydrogen-bond donors (Lipinski definition) is 2. The van der Waals surface area contributed by atoms with Crippen LogP contribution in [0.2, 0.25) is 0 Å². The molecule has 2 aliphatic heterocycles. The molecular formula is C30H39N3O6S. The van der Waals surface area contributed by atoms with Gasteiger partial charge in [0.1, 0.15) is 5.75 Å². The first-order chi connectivity index (χ1) is 19.4. The number of thioether (sulfide) groups is 1. The number of carboxylic acid groups (broad SMARTS) is 2. The van der Waals surface area contributed by atoms with Gasteiger partial charge in [-0.25, -0.2) is 14.6 Å². The summed E-state index contributed by atoms with van der Waals surface area (Å²) in [6.45, 7) is 5.02. The fourth-order valence-electron chi connectivity index (χ4n) is 4.48. The second-order valence-corrected chi connectivity index (χ2v) is 10.6. The largest absolute Gasteiger partial charge is 0.497 e. The van der Waals surface area contributed by atoms with Gasteiger partial charge in [-0.05, 0) is 61.6 Å². The number of aliphatic imine (C=N–C) groups is 1. The van der Waals surface area contributed by atoms with E-state index >= 15 is 0 Å². The molecule has 9 nitrogen and oxygen atoms in total. The minimum absolute atomic E-state index is 0.558. The SMILES string of the molecule is COc1ccc(COCCCCN2CCC(N(C)C3=Nc4ccccc4CS3)CC2)cc1.O=C(O)/C=C/C(=O)O. The maximum Gasteiger partial charge on any atom is 0.328 e. The van der Waals surface area contributed by atoms with E-state index in [1.807, 2.05) is 23.9 Å².